The second kappa shape index (κ2) is 8.42. The lowest BCUT2D eigenvalue weighted by Crippen LogP contribution is -2.05. The van der Waals surface area contributed by atoms with Crippen LogP contribution < -0.4 is 10.6 Å². The molecule has 4 aromatic heterocycles. The van der Waals surface area contributed by atoms with E-state index in [1.807, 2.05) is 52.9 Å². The molecular formula is C22H22N10. The van der Waals surface area contributed by atoms with Crippen LogP contribution in [0.15, 0.2) is 61.1 Å². The first-order valence-electron chi connectivity index (χ1n) is 10.2. The smallest absolute Gasteiger partial charge is 0.224 e. The van der Waals surface area contributed by atoms with Crippen LogP contribution in [0.1, 0.15) is 11.3 Å². The van der Waals surface area contributed by atoms with Gasteiger partial charge in [0, 0.05) is 32.1 Å². The van der Waals surface area contributed by atoms with Gasteiger partial charge in [-0.15, -0.1) is 5.10 Å². The van der Waals surface area contributed by atoms with Crippen molar-refractivity contribution in [1.29, 1.82) is 0 Å². The maximum atomic E-state index is 4.83. The number of hydrogen-bond donors (Lipinski definition) is 2. The maximum absolute atomic E-state index is 4.83. The molecule has 5 rings (SSSR count). The van der Waals surface area contributed by atoms with E-state index in [0.717, 1.165) is 33.8 Å². The van der Waals surface area contributed by atoms with Crippen LogP contribution in [0.5, 0.6) is 0 Å². The highest BCUT2D eigenvalue weighted by molar-refractivity contribution is 5.91. The Morgan fingerprint density at radius 1 is 0.906 bits per heavy atom. The monoisotopic (exact) mass is 426 g/mol. The maximum Gasteiger partial charge on any atom is 0.224 e. The number of benzene rings is 1. The third-order valence-electron chi connectivity index (χ3n) is 5.09. The van der Waals surface area contributed by atoms with Crippen molar-refractivity contribution in [3.8, 4) is 11.3 Å². The molecular weight excluding hydrogens is 404 g/mol. The van der Waals surface area contributed by atoms with E-state index in [0.29, 0.717) is 19.0 Å². The summed E-state index contributed by atoms with van der Waals surface area (Å²) < 4.78 is 3.65. The number of fused-ring (bicyclic) bond motifs is 1. The van der Waals surface area contributed by atoms with Gasteiger partial charge in [0.25, 0.3) is 0 Å². The van der Waals surface area contributed by atoms with E-state index in [1.54, 1.807) is 19.4 Å². The zero-order chi connectivity index (χ0) is 21.9. The average Bonchev–Trinajstić information content (AvgIpc) is 3.44. The number of rotatable bonds is 7. The van der Waals surface area contributed by atoms with Crippen LogP contribution in [0.3, 0.4) is 0 Å². The molecule has 0 aliphatic carbocycles. The molecule has 1 aromatic carbocycles. The van der Waals surface area contributed by atoms with E-state index in [2.05, 4.69) is 48.0 Å². The summed E-state index contributed by atoms with van der Waals surface area (Å²) in [6.45, 7) is 1.10. The minimum Gasteiger partial charge on any atom is -0.373 e. The van der Waals surface area contributed by atoms with E-state index in [9.17, 15) is 0 Å². The van der Waals surface area contributed by atoms with Crippen molar-refractivity contribution in [2.45, 2.75) is 13.1 Å². The quantitative estimate of drug-likeness (QED) is 0.409. The zero-order valence-electron chi connectivity index (χ0n) is 17.8. The summed E-state index contributed by atoms with van der Waals surface area (Å²) in [4.78, 5) is 13.4. The van der Waals surface area contributed by atoms with Crippen LogP contribution >= 0.6 is 0 Å². The van der Waals surface area contributed by atoms with Gasteiger partial charge in [0.15, 0.2) is 5.65 Å². The van der Waals surface area contributed by atoms with E-state index in [1.165, 1.54) is 5.56 Å². The summed E-state index contributed by atoms with van der Waals surface area (Å²) in [5.41, 5.74) is 4.34. The summed E-state index contributed by atoms with van der Waals surface area (Å²) >= 11 is 0. The van der Waals surface area contributed by atoms with Crippen molar-refractivity contribution in [3.05, 3.63) is 72.3 Å². The highest BCUT2D eigenvalue weighted by atomic mass is 15.4. The first-order valence-corrected chi connectivity index (χ1v) is 10.2. The molecule has 0 fully saturated rings. The fraction of sp³-hybridized carbons (Fsp3) is 0.182. The number of nitrogens with zero attached hydrogens (tertiary/aromatic N) is 8. The van der Waals surface area contributed by atoms with Crippen molar-refractivity contribution in [3.63, 3.8) is 0 Å². The molecule has 0 radical (unpaired) electrons. The first-order chi connectivity index (χ1) is 15.7. The topological polar surface area (TPSA) is 111 Å². The molecule has 0 aliphatic rings. The second-order valence-corrected chi connectivity index (χ2v) is 7.26. The number of nitrogens with one attached hydrogen (secondary N) is 2. The molecule has 0 spiro atoms. The summed E-state index contributed by atoms with van der Waals surface area (Å²) in [6, 6.07) is 14.1. The molecule has 0 amide bonds. The fourth-order valence-electron chi connectivity index (χ4n) is 3.50. The van der Waals surface area contributed by atoms with Gasteiger partial charge in [0.1, 0.15) is 17.2 Å². The van der Waals surface area contributed by atoms with Crippen LogP contribution in [-0.2, 0) is 13.1 Å². The summed E-state index contributed by atoms with van der Waals surface area (Å²) in [6.07, 6.45) is 5.51. The molecule has 0 unspecified atom stereocenters. The van der Waals surface area contributed by atoms with Gasteiger partial charge in [-0.1, -0.05) is 35.5 Å². The van der Waals surface area contributed by atoms with Crippen LogP contribution in [0, 0.1) is 0 Å². The van der Waals surface area contributed by atoms with Crippen molar-refractivity contribution in [2.24, 2.45) is 0 Å². The molecule has 4 heterocycles. The van der Waals surface area contributed by atoms with Gasteiger partial charge in [-0.2, -0.15) is 10.1 Å². The van der Waals surface area contributed by atoms with E-state index in [4.69, 9.17) is 5.10 Å². The third kappa shape index (κ3) is 3.85. The van der Waals surface area contributed by atoms with Crippen molar-refractivity contribution >= 4 is 22.8 Å². The predicted octanol–water partition coefficient (Wildman–Crippen LogP) is 2.66. The Bertz CT molecular complexity index is 1340. The van der Waals surface area contributed by atoms with Crippen LogP contribution in [0.25, 0.3) is 22.3 Å². The van der Waals surface area contributed by atoms with Gasteiger partial charge in [0.05, 0.1) is 24.7 Å². The SMILES string of the molecule is CNc1ccc(-c2nn(Cc3cn(Cc4ccccc4)nn3)c3nc(NC)ncc23)cn1. The molecule has 0 saturated heterocycles. The minimum atomic E-state index is 0.438. The highest BCUT2D eigenvalue weighted by Crippen LogP contribution is 2.27. The normalized spacial score (nSPS) is 11.1. The largest absolute Gasteiger partial charge is 0.373 e. The Labute approximate surface area is 184 Å². The van der Waals surface area contributed by atoms with Gasteiger partial charge in [-0.3, -0.25) is 0 Å². The zero-order valence-corrected chi connectivity index (χ0v) is 17.8. The van der Waals surface area contributed by atoms with Gasteiger partial charge >= 0.3 is 0 Å². The summed E-state index contributed by atoms with van der Waals surface area (Å²) in [5.74, 6) is 1.32. The Morgan fingerprint density at radius 3 is 2.53 bits per heavy atom. The number of pyridine rings is 1. The molecule has 2 N–H and O–H groups in total. The predicted molar refractivity (Wildman–Crippen MR) is 122 cm³/mol. The van der Waals surface area contributed by atoms with Gasteiger partial charge in [-0.05, 0) is 17.7 Å². The molecule has 32 heavy (non-hydrogen) atoms. The molecule has 0 saturated carbocycles. The van der Waals surface area contributed by atoms with E-state index in [-0.39, 0.29) is 0 Å². The lowest BCUT2D eigenvalue weighted by molar-refractivity contribution is 0.647. The summed E-state index contributed by atoms with van der Waals surface area (Å²) in [5, 5.41) is 20.3. The van der Waals surface area contributed by atoms with E-state index >= 15 is 0 Å². The van der Waals surface area contributed by atoms with E-state index < -0.39 is 0 Å². The molecule has 160 valence electrons. The lowest BCUT2D eigenvalue weighted by atomic mass is 10.1. The van der Waals surface area contributed by atoms with Crippen molar-refractivity contribution in [2.75, 3.05) is 24.7 Å². The molecule has 0 aliphatic heterocycles. The lowest BCUT2D eigenvalue weighted by Gasteiger charge is -2.01. The van der Waals surface area contributed by atoms with Gasteiger partial charge < -0.3 is 10.6 Å². The standard InChI is InChI=1S/C22H22N10/c1-23-19-9-8-16(10-25-19)20-18-11-26-22(24-2)27-21(18)32(29-20)14-17-13-31(30-28-17)12-15-6-4-3-5-7-15/h3-11,13H,12,14H2,1-2H3,(H,23,25)(H,24,26,27). The number of hydrogen-bond acceptors (Lipinski definition) is 8. The van der Waals surface area contributed by atoms with Gasteiger partial charge in [0.2, 0.25) is 5.95 Å². The molecule has 0 atom stereocenters. The Hall–Kier alpha value is -4.34. The Morgan fingerprint density at radius 2 is 1.78 bits per heavy atom. The summed E-state index contributed by atoms with van der Waals surface area (Å²) in [7, 11) is 3.63. The van der Waals surface area contributed by atoms with Gasteiger partial charge in [-0.25, -0.2) is 19.3 Å². The molecule has 5 aromatic rings. The molecule has 0 bridgehead atoms. The second-order valence-electron chi connectivity index (χ2n) is 7.26. The Kier molecular flexibility index (Phi) is 5.16. The Balaban J connectivity index is 1.49. The van der Waals surface area contributed by atoms with Crippen LogP contribution in [0.4, 0.5) is 11.8 Å². The van der Waals surface area contributed by atoms with Crippen molar-refractivity contribution in [1.82, 2.24) is 39.7 Å². The van der Waals surface area contributed by atoms with Crippen LogP contribution in [-0.4, -0.2) is 53.8 Å². The molecule has 10 nitrogen and oxygen atoms in total. The van der Waals surface area contributed by atoms with Crippen LogP contribution in [0.2, 0.25) is 0 Å². The molecule has 10 heteroatoms. The van der Waals surface area contributed by atoms with Crippen molar-refractivity contribution < 1.29 is 0 Å². The number of anilines is 2. The highest BCUT2D eigenvalue weighted by Gasteiger charge is 2.17. The fourth-order valence-corrected chi connectivity index (χ4v) is 3.50. The number of aromatic nitrogens is 8. The third-order valence-corrected chi connectivity index (χ3v) is 5.09. The minimum absolute atomic E-state index is 0.438. The first kappa shape index (κ1) is 19.6. The average molecular weight is 426 g/mol.